The number of amides is 1. The molecule has 11 heteroatoms. The van der Waals surface area contributed by atoms with Crippen LogP contribution in [0.5, 0.6) is 5.75 Å². The van der Waals surface area contributed by atoms with Crippen molar-refractivity contribution in [2.75, 3.05) is 20.0 Å². The maximum Gasteiger partial charge on any atom is 0.264 e. The van der Waals surface area contributed by atoms with E-state index in [1.54, 1.807) is 6.07 Å². The largest absolute Gasteiger partial charge is 0.494 e. The number of methoxy groups -OCH3 is 1. The first-order chi connectivity index (χ1) is 15.2. The van der Waals surface area contributed by atoms with E-state index < -0.39 is 32.6 Å². The average Bonchev–Trinajstić information content (AvgIpc) is 3.24. The van der Waals surface area contributed by atoms with Gasteiger partial charge in [0.05, 0.1) is 7.11 Å². The molecule has 1 aromatic carbocycles. The number of carbonyl (C=O) groups is 1. The second kappa shape index (κ2) is 9.97. The van der Waals surface area contributed by atoms with Crippen molar-refractivity contribution in [1.29, 1.82) is 0 Å². The van der Waals surface area contributed by atoms with Crippen molar-refractivity contribution in [1.82, 2.24) is 10.6 Å². The fraction of sp³-hybridized carbons (Fsp3) is 0.524. The molecule has 0 radical (unpaired) electrons. The topological polar surface area (TPSA) is 117 Å². The van der Waals surface area contributed by atoms with Gasteiger partial charge in [0, 0.05) is 37.3 Å². The maximum absolute atomic E-state index is 14.5. The van der Waals surface area contributed by atoms with Gasteiger partial charge in [0.25, 0.3) is 5.91 Å². The number of hydroxylamine groups is 1. The molecule has 9 nitrogen and oxygen atoms in total. The van der Waals surface area contributed by atoms with Crippen molar-refractivity contribution in [2.45, 2.75) is 50.1 Å². The zero-order valence-corrected chi connectivity index (χ0v) is 19.0. The Hall–Kier alpha value is -2.50. The molecule has 1 aliphatic rings. The van der Waals surface area contributed by atoms with Gasteiger partial charge in [-0.05, 0) is 38.3 Å². The number of ether oxygens (including phenoxy) is 2. The fourth-order valence-corrected chi connectivity index (χ4v) is 4.14. The van der Waals surface area contributed by atoms with Gasteiger partial charge >= 0.3 is 0 Å². The molecule has 1 unspecified atom stereocenters. The molecular formula is C21H27FN2O7S. The predicted molar refractivity (Wildman–Crippen MR) is 113 cm³/mol. The number of carbonyl (C=O) groups excluding carboxylic acids is 1. The number of hydrogen-bond acceptors (Lipinski definition) is 8. The minimum atomic E-state index is -3.82. The Labute approximate surface area is 186 Å². The molecule has 0 saturated carbocycles. The minimum absolute atomic E-state index is 0.0651. The summed E-state index contributed by atoms with van der Waals surface area (Å²) in [6, 6.07) is 6.13. The van der Waals surface area contributed by atoms with Crippen LogP contribution in [0.3, 0.4) is 0 Å². The van der Waals surface area contributed by atoms with Gasteiger partial charge in [-0.1, -0.05) is 11.2 Å². The highest BCUT2D eigenvalue weighted by Crippen LogP contribution is 2.30. The van der Waals surface area contributed by atoms with Crippen molar-refractivity contribution in [3.05, 3.63) is 35.8 Å². The molecule has 2 atom stereocenters. The third-order valence-electron chi connectivity index (χ3n) is 5.59. The van der Waals surface area contributed by atoms with Gasteiger partial charge in [-0.2, -0.15) is 0 Å². The first kappa shape index (κ1) is 24.1. The molecule has 32 heavy (non-hydrogen) atoms. The van der Waals surface area contributed by atoms with E-state index in [2.05, 4.69) is 10.6 Å². The Kier molecular flexibility index (Phi) is 7.52. The summed E-state index contributed by atoms with van der Waals surface area (Å²) in [4.78, 5) is 18.0. The van der Waals surface area contributed by atoms with Crippen LogP contribution in [-0.2, 0) is 30.6 Å². The lowest BCUT2D eigenvalue weighted by Gasteiger charge is -2.28. The van der Waals surface area contributed by atoms with Gasteiger partial charge in [-0.3, -0.25) is 4.79 Å². The summed E-state index contributed by atoms with van der Waals surface area (Å²) in [6.07, 6.45) is 2.78. The van der Waals surface area contributed by atoms with Crippen LogP contribution in [0.4, 0.5) is 4.39 Å². The number of rotatable bonds is 9. The molecule has 1 aliphatic heterocycles. The van der Waals surface area contributed by atoms with Gasteiger partial charge in [-0.25, -0.2) is 23.1 Å². The molecule has 1 saturated heterocycles. The number of hydrogen-bond donors (Lipinski definition) is 1. The van der Waals surface area contributed by atoms with Crippen molar-refractivity contribution in [3.63, 3.8) is 0 Å². The van der Waals surface area contributed by atoms with E-state index in [1.807, 2.05) is 0 Å². The number of halogens is 1. The summed E-state index contributed by atoms with van der Waals surface area (Å²) >= 11 is 0. The Morgan fingerprint density at radius 2 is 2.16 bits per heavy atom. The number of nitrogens with one attached hydrogen (secondary N) is 1. The average molecular weight is 471 g/mol. The van der Waals surface area contributed by atoms with Crippen molar-refractivity contribution < 1.29 is 36.4 Å². The van der Waals surface area contributed by atoms with E-state index in [9.17, 15) is 17.6 Å². The quantitative estimate of drug-likeness (QED) is 0.556. The highest BCUT2D eigenvalue weighted by Gasteiger charge is 2.44. The van der Waals surface area contributed by atoms with Crippen molar-refractivity contribution >= 4 is 15.7 Å². The summed E-state index contributed by atoms with van der Waals surface area (Å²) in [7, 11) is -2.46. The Morgan fingerprint density at radius 1 is 1.38 bits per heavy atom. The van der Waals surface area contributed by atoms with Gasteiger partial charge in [-0.15, -0.1) is 0 Å². The molecule has 0 aliphatic carbocycles. The smallest absolute Gasteiger partial charge is 0.264 e. The van der Waals surface area contributed by atoms with Crippen LogP contribution >= 0.6 is 0 Å². The van der Waals surface area contributed by atoms with Crippen molar-refractivity contribution in [3.8, 4) is 17.0 Å². The van der Waals surface area contributed by atoms with Gasteiger partial charge in [0.1, 0.15) is 16.2 Å². The molecule has 1 amide bonds. The second-order valence-electron chi connectivity index (χ2n) is 7.85. The number of aromatic nitrogens is 1. The van der Waals surface area contributed by atoms with Crippen LogP contribution in [0, 0.1) is 5.82 Å². The standard InChI is InChI=1S/C21H27FN2O7S/c1-21(32(3,26)27,20(25)24-31-18-9-4-5-12-29-18)11-10-14-13-16(23-30-14)15-7-6-8-17(28-2)19(15)22/h6-8,13,18H,4-5,9-12H2,1-3H3,(H,24,25)/t18?,21-/m1/s1. The number of nitrogens with zero attached hydrogens (tertiary/aromatic N) is 1. The van der Waals surface area contributed by atoms with E-state index in [1.165, 1.54) is 32.2 Å². The van der Waals surface area contributed by atoms with E-state index in [4.69, 9.17) is 18.8 Å². The van der Waals surface area contributed by atoms with Crippen LogP contribution in [-0.4, -0.2) is 50.5 Å². The summed E-state index contributed by atoms with van der Waals surface area (Å²) in [5, 5.41) is 3.87. The molecule has 1 aromatic heterocycles. The van der Waals surface area contributed by atoms with Crippen LogP contribution in [0.2, 0.25) is 0 Å². The highest BCUT2D eigenvalue weighted by molar-refractivity contribution is 7.92. The van der Waals surface area contributed by atoms with Crippen LogP contribution in [0.1, 0.15) is 38.4 Å². The first-order valence-electron chi connectivity index (χ1n) is 10.2. The lowest BCUT2D eigenvalue weighted by Crippen LogP contribution is -2.51. The summed E-state index contributed by atoms with van der Waals surface area (Å²) < 4.78 is 53.2. The van der Waals surface area contributed by atoms with Crippen LogP contribution in [0.15, 0.2) is 28.8 Å². The molecule has 0 bridgehead atoms. The molecule has 0 spiro atoms. The lowest BCUT2D eigenvalue weighted by molar-refractivity contribution is -0.201. The van der Waals surface area contributed by atoms with Gasteiger partial charge in [0.15, 0.2) is 27.7 Å². The number of benzene rings is 1. The molecule has 3 rings (SSSR count). The summed E-state index contributed by atoms with van der Waals surface area (Å²) in [6.45, 7) is 1.84. The van der Waals surface area contributed by atoms with E-state index in [-0.39, 0.29) is 29.8 Å². The maximum atomic E-state index is 14.5. The summed E-state index contributed by atoms with van der Waals surface area (Å²) in [5.41, 5.74) is 2.65. The lowest BCUT2D eigenvalue weighted by atomic mass is 10.0. The number of aryl methyl sites for hydroxylation is 1. The zero-order valence-electron chi connectivity index (χ0n) is 18.2. The van der Waals surface area contributed by atoms with Crippen LogP contribution in [0.25, 0.3) is 11.3 Å². The summed E-state index contributed by atoms with van der Waals surface area (Å²) in [5.74, 6) is -1.01. The zero-order chi connectivity index (χ0) is 23.4. The third kappa shape index (κ3) is 5.28. The SMILES string of the molecule is COc1cccc(-c2cc(CC[C@](C)(C(=O)NOC3CCCCO3)S(C)(=O)=O)on2)c1F. The van der Waals surface area contributed by atoms with E-state index >= 15 is 0 Å². The first-order valence-corrected chi connectivity index (χ1v) is 12.1. The predicted octanol–water partition coefficient (Wildman–Crippen LogP) is 2.80. The number of sulfone groups is 1. The third-order valence-corrected chi connectivity index (χ3v) is 7.61. The second-order valence-corrected chi connectivity index (χ2v) is 10.3. The molecular weight excluding hydrogens is 443 g/mol. The monoisotopic (exact) mass is 470 g/mol. The molecule has 176 valence electrons. The highest BCUT2D eigenvalue weighted by atomic mass is 32.2. The Bertz CT molecular complexity index is 1050. The normalized spacial score (nSPS) is 18.7. The molecule has 1 N–H and O–H groups in total. The molecule has 2 heterocycles. The Morgan fingerprint density at radius 3 is 2.81 bits per heavy atom. The minimum Gasteiger partial charge on any atom is -0.494 e. The van der Waals surface area contributed by atoms with E-state index in [0.717, 1.165) is 19.1 Å². The van der Waals surface area contributed by atoms with Gasteiger partial charge < -0.3 is 14.0 Å². The molecule has 2 aromatic rings. The Balaban J connectivity index is 1.70. The molecule has 1 fully saturated rings. The van der Waals surface area contributed by atoms with Crippen molar-refractivity contribution in [2.24, 2.45) is 0 Å². The fourth-order valence-electron chi connectivity index (χ4n) is 3.28. The van der Waals surface area contributed by atoms with Gasteiger partial charge in [0.2, 0.25) is 0 Å². The van der Waals surface area contributed by atoms with E-state index in [0.29, 0.717) is 18.8 Å². The van der Waals surface area contributed by atoms with Crippen LogP contribution < -0.4 is 10.2 Å².